The first-order valence-corrected chi connectivity index (χ1v) is 6.60. The van der Waals surface area contributed by atoms with Crippen molar-refractivity contribution in [1.82, 2.24) is 5.32 Å². The summed E-state index contributed by atoms with van der Waals surface area (Å²) in [5.41, 5.74) is 2.21. The molecule has 0 aromatic heterocycles. The van der Waals surface area contributed by atoms with E-state index in [1.54, 1.807) is 36.4 Å². The van der Waals surface area contributed by atoms with Crippen LogP contribution in [-0.2, 0) is 6.42 Å². The molecule has 0 saturated carbocycles. The van der Waals surface area contributed by atoms with Crippen LogP contribution in [0.25, 0.3) is 0 Å². The molecule has 21 heavy (non-hydrogen) atoms. The lowest BCUT2D eigenvalue weighted by molar-refractivity contribution is 0.399. The standard InChI is InChI=1S/C10H13NO2.C6H6O.BrH/c1-6-8-5-10(13)9(12)4-7(8)2-3-11-6;7-6-4-2-1-3-5-6;/h4-6,11-13H,2-3H2,1H3;1-5,7H;1H/t6-;;/m0../s1. The number of phenols is 3. The second kappa shape index (κ2) is 7.90. The van der Waals surface area contributed by atoms with Crippen LogP contribution in [-0.4, -0.2) is 21.9 Å². The molecule has 114 valence electrons. The molecule has 1 atom stereocenters. The summed E-state index contributed by atoms with van der Waals surface area (Å²) in [4.78, 5) is 0. The summed E-state index contributed by atoms with van der Waals surface area (Å²) < 4.78 is 0. The number of benzene rings is 2. The summed E-state index contributed by atoms with van der Waals surface area (Å²) in [5.74, 6) is 0.268. The van der Waals surface area contributed by atoms with Crippen LogP contribution in [0.15, 0.2) is 42.5 Å². The van der Waals surface area contributed by atoms with E-state index in [1.165, 1.54) is 0 Å². The second-order valence-corrected chi connectivity index (χ2v) is 4.80. The van der Waals surface area contributed by atoms with Crippen LogP contribution in [0.1, 0.15) is 24.1 Å². The first-order chi connectivity index (χ1) is 9.58. The molecule has 0 unspecified atom stereocenters. The topological polar surface area (TPSA) is 72.7 Å². The highest BCUT2D eigenvalue weighted by atomic mass is 79.9. The third-order valence-corrected chi connectivity index (χ3v) is 3.30. The van der Waals surface area contributed by atoms with Crippen molar-refractivity contribution in [3.05, 3.63) is 53.6 Å². The zero-order valence-electron chi connectivity index (χ0n) is 11.8. The molecule has 0 spiro atoms. The van der Waals surface area contributed by atoms with Gasteiger partial charge in [0.05, 0.1) is 0 Å². The number of hydrogen-bond donors (Lipinski definition) is 4. The third-order valence-electron chi connectivity index (χ3n) is 3.30. The number of aromatic hydroxyl groups is 3. The Kier molecular flexibility index (Phi) is 6.52. The van der Waals surface area contributed by atoms with Crippen LogP contribution in [0, 0.1) is 0 Å². The third kappa shape index (κ3) is 4.65. The molecule has 1 aliphatic rings. The van der Waals surface area contributed by atoms with Crippen molar-refractivity contribution < 1.29 is 15.3 Å². The fraction of sp³-hybridized carbons (Fsp3) is 0.250. The van der Waals surface area contributed by atoms with Gasteiger partial charge in [0.15, 0.2) is 11.5 Å². The average molecular weight is 354 g/mol. The van der Waals surface area contributed by atoms with Crippen LogP contribution in [0.5, 0.6) is 17.2 Å². The monoisotopic (exact) mass is 353 g/mol. The van der Waals surface area contributed by atoms with Gasteiger partial charge >= 0.3 is 0 Å². The molecule has 0 aliphatic carbocycles. The van der Waals surface area contributed by atoms with E-state index in [0.717, 1.165) is 24.1 Å². The molecule has 1 aliphatic heterocycles. The molecule has 0 bridgehead atoms. The summed E-state index contributed by atoms with van der Waals surface area (Å²) in [6, 6.07) is 12.3. The highest BCUT2D eigenvalue weighted by Crippen LogP contribution is 2.33. The second-order valence-electron chi connectivity index (χ2n) is 4.80. The van der Waals surface area contributed by atoms with Crippen LogP contribution in [0.2, 0.25) is 0 Å². The minimum absolute atomic E-state index is 0. The molecular weight excluding hydrogens is 334 g/mol. The first-order valence-electron chi connectivity index (χ1n) is 6.60. The average Bonchev–Trinajstić information content (AvgIpc) is 2.43. The molecule has 5 heteroatoms. The number of hydrogen-bond acceptors (Lipinski definition) is 4. The van der Waals surface area contributed by atoms with Gasteiger partial charge in [0, 0.05) is 6.04 Å². The maximum atomic E-state index is 9.32. The van der Waals surface area contributed by atoms with Crippen molar-refractivity contribution in [1.29, 1.82) is 0 Å². The van der Waals surface area contributed by atoms with Crippen molar-refractivity contribution in [2.45, 2.75) is 19.4 Å². The number of para-hydroxylation sites is 1. The fourth-order valence-corrected chi connectivity index (χ4v) is 2.22. The fourth-order valence-electron chi connectivity index (χ4n) is 2.22. The van der Waals surface area contributed by atoms with Crippen molar-refractivity contribution in [3.8, 4) is 17.2 Å². The van der Waals surface area contributed by atoms with Crippen molar-refractivity contribution in [3.63, 3.8) is 0 Å². The zero-order chi connectivity index (χ0) is 14.5. The minimum atomic E-state index is -0.0331. The van der Waals surface area contributed by atoms with Gasteiger partial charge in [0.2, 0.25) is 0 Å². The summed E-state index contributed by atoms with van der Waals surface area (Å²) in [5, 5.41) is 30.5. The Morgan fingerprint density at radius 1 is 1.00 bits per heavy atom. The summed E-state index contributed by atoms with van der Waals surface area (Å²) in [6.45, 7) is 2.98. The van der Waals surface area contributed by atoms with Gasteiger partial charge in [0.25, 0.3) is 0 Å². The summed E-state index contributed by atoms with van der Waals surface area (Å²) in [6.07, 6.45) is 0.910. The Morgan fingerprint density at radius 2 is 1.62 bits per heavy atom. The van der Waals surface area contributed by atoms with Gasteiger partial charge in [0.1, 0.15) is 5.75 Å². The van der Waals surface area contributed by atoms with Crippen LogP contribution in [0.4, 0.5) is 0 Å². The van der Waals surface area contributed by atoms with Gasteiger partial charge in [-0.05, 0) is 55.3 Å². The highest BCUT2D eigenvalue weighted by molar-refractivity contribution is 8.93. The number of nitrogens with one attached hydrogen (secondary N) is 1. The summed E-state index contributed by atoms with van der Waals surface area (Å²) in [7, 11) is 0. The van der Waals surface area contributed by atoms with E-state index in [4.69, 9.17) is 5.11 Å². The molecule has 2 aromatic rings. The lowest BCUT2D eigenvalue weighted by Gasteiger charge is -2.24. The maximum Gasteiger partial charge on any atom is 0.157 e. The van der Waals surface area contributed by atoms with E-state index in [0.29, 0.717) is 5.75 Å². The number of fused-ring (bicyclic) bond motifs is 1. The Labute approximate surface area is 134 Å². The van der Waals surface area contributed by atoms with E-state index < -0.39 is 0 Å². The van der Waals surface area contributed by atoms with Gasteiger partial charge in [-0.3, -0.25) is 0 Å². The lowest BCUT2D eigenvalue weighted by atomic mass is 9.95. The lowest BCUT2D eigenvalue weighted by Crippen LogP contribution is -2.27. The Balaban J connectivity index is 0.000000236. The Hall–Kier alpha value is -1.72. The van der Waals surface area contributed by atoms with Crippen LogP contribution >= 0.6 is 17.0 Å². The Morgan fingerprint density at radius 3 is 2.19 bits per heavy atom. The smallest absolute Gasteiger partial charge is 0.157 e. The zero-order valence-corrected chi connectivity index (χ0v) is 13.5. The molecule has 2 aromatic carbocycles. The first kappa shape index (κ1) is 17.3. The molecule has 1 heterocycles. The largest absolute Gasteiger partial charge is 0.508 e. The van der Waals surface area contributed by atoms with Crippen LogP contribution < -0.4 is 5.32 Å². The Bertz CT molecular complexity index is 575. The molecule has 0 fully saturated rings. The molecular formula is C16H20BrNO3. The van der Waals surface area contributed by atoms with E-state index in [9.17, 15) is 10.2 Å². The van der Waals surface area contributed by atoms with Gasteiger partial charge in [-0.2, -0.15) is 0 Å². The SMILES string of the molecule is Br.C[C@@H]1NCCc2cc(O)c(O)cc21.Oc1ccccc1. The molecule has 0 saturated heterocycles. The summed E-state index contributed by atoms with van der Waals surface area (Å²) >= 11 is 0. The minimum Gasteiger partial charge on any atom is -0.508 e. The van der Waals surface area contributed by atoms with Gasteiger partial charge in [-0.1, -0.05) is 18.2 Å². The molecule has 3 rings (SSSR count). The van der Waals surface area contributed by atoms with E-state index in [1.807, 2.05) is 6.07 Å². The van der Waals surface area contributed by atoms with Crippen molar-refractivity contribution >= 4 is 17.0 Å². The number of phenolic OH excluding ortho intramolecular Hbond substituents is 3. The molecule has 0 radical (unpaired) electrons. The van der Waals surface area contributed by atoms with E-state index >= 15 is 0 Å². The predicted octanol–water partition coefficient (Wildman–Crippen LogP) is 3.27. The predicted molar refractivity (Wildman–Crippen MR) is 88.3 cm³/mol. The number of rotatable bonds is 0. The highest BCUT2D eigenvalue weighted by Gasteiger charge is 2.17. The maximum absolute atomic E-state index is 9.32. The number of halogens is 1. The molecule has 0 amide bonds. The van der Waals surface area contributed by atoms with Gasteiger partial charge in [-0.15, -0.1) is 17.0 Å². The normalized spacial score (nSPS) is 16.0. The van der Waals surface area contributed by atoms with Gasteiger partial charge in [-0.25, -0.2) is 0 Å². The van der Waals surface area contributed by atoms with E-state index in [2.05, 4.69) is 12.2 Å². The quantitative estimate of drug-likeness (QED) is 0.548. The van der Waals surface area contributed by atoms with Crippen LogP contribution in [0.3, 0.4) is 0 Å². The van der Waals surface area contributed by atoms with Gasteiger partial charge < -0.3 is 20.6 Å². The van der Waals surface area contributed by atoms with E-state index in [-0.39, 0.29) is 34.5 Å². The molecule has 4 nitrogen and oxygen atoms in total. The van der Waals surface area contributed by atoms with Crippen molar-refractivity contribution in [2.24, 2.45) is 0 Å². The molecule has 4 N–H and O–H groups in total. The van der Waals surface area contributed by atoms with Crippen molar-refractivity contribution in [2.75, 3.05) is 6.54 Å².